The van der Waals surface area contributed by atoms with Crippen molar-refractivity contribution < 1.29 is 18.3 Å². The first kappa shape index (κ1) is 20.6. The molecule has 0 radical (unpaired) electrons. The number of para-hydroxylation sites is 1. The first-order valence-electron chi connectivity index (χ1n) is 6.72. The van der Waals surface area contributed by atoms with E-state index in [0.29, 0.717) is 5.75 Å². The van der Waals surface area contributed by atoms with E-state index in [1.54, 1.807) is 12.1 Å². The molecule has 0 bridgehead atoms. The molecule has 1 aromatic carbocycles. The average Bonchev–Trinajstić information content (AvgIpc) is 2.42. The van der Waals surface area contributed by atoms with Crippen LogP contribution in [0.3, 0.4) is 0 Å². The van der Waals surface area contributed by atoms with Gasteiger partial charge in [0, 0.05) is 0 Å². The van der Waals surface area contributed by atoms with Gasteiger partial charge in [0.25, 0.3) is 11.8 Å². The van der Waals surface area contributed by atoms with Crippen molar-refractivity contribution in [2.75, 3.05) is 19.7 Å². The van der Waals surface area contributed by atoms with Gasteiger partial charge >= 0.3 is 0 Å². The van der Waals surface area contributed by atoms with Crippen LogP contribution in [0, 0.1) is 0 Å². The Morgan fingerprint density at radius 3 is 2.41 bits per heavy atom. The molecule has 22 heavy (non-hydrogen) atoms. The summed E-state index contributed by atoms with van der Waals surface area (Å²) >= 11 is 0. The van der Waals surface area contributed by atoms with Crippen LogP contribution in [0.2, 0.25) is 0 Å². The normalized spacial score (nSPS) is 11.5. The SMILES string of the molecule is CC(C)(C)c1ccccc1OCC(=O)NCC(F)(F)CN.Cl. The van der Waals surface area contributed by atoms with Crippen molar-refractivity contribution in [3.05, 3.63) is 29.8 Å². The van der Waals surface area contributed by atoms with Crippen molar-refractivity contribution in [3.63, 3.8) is 0 Å². The number of hydrogen-bond acceptors (Lipinski definition) is 3. The molecule has 0 aliphatic heterocycles. The minimum absolute atomic E-state index is 0. The van der Waals surface area contributed by atoms with Crippen molar-refractivity contribution in [1.82, 2.24) is 5.32 Å². The van der Waals surface area contributed by atoms with E-state index in [2.05, 4.69) is 5.32 Å². The highest BCUT2D eigenvalue weighted by Crippen LogP contribution is 2.30. The first-order valence-corrected chi connectivity index (χ1v) is 6.72. The van der Waals surface area contributed by atoms with E-state index in [1.807, 2.05) is 32.9 Å². The molecule has 3 N–H and O–H groups in total. The predicted octanol–water partition coefficient (Wildman–Crippen LogP) is 2.49. The van der Waals surface area contributed by atoms with Crippen LogP contribution in [-0.2, 0) is 10.2 Å². The first-order chi connectivity index (χ1) is 9.65. The Kier molecular flexibility index (Phi) is 7.76. The summed E-state index contributed by atoms with van der Waals surface area (Å²) in [5.74, 6) is -3.13. The second kappa shape index (κ2) is 8.29. The van der Waals surface area contributed by atoms with E-state index in [9.17, 15) is 13.6 Å². The third-order valence-electron chi connectivity index (χ3n) is 2.90. The lowest BCUT2D eigenvalue weighted by Crippen LogP contribution is -2.43. The summed E-state index contributed by atoms with van der Waals surface area (Å²) in [6.07, 6.45) is 0. The van der Waals surface area contributed by atoms with Crippen molar-refractivity contribution in [1.29, 1.82) is 0 Å². The maximum absolute atomic E-state index is 12.9. The van der Waals surface area contributed by atoms with E-state index in [0.717, 1.165) is 5.56 Å². The summed E-state index contributed by atoms with van der Waals surface area (Å²) in [7, 11) is 0. The zero-order valence-electron chi connectivity index (χ0n) is 13.0. The fourth-order valence-corrected chi connectivity index (χ4v) is 1.71. The van der Waals surface area contributed by atoms with Crippen LogP contribution in [0.1, 0.15) is 26.3 Å². The van der Waals surface area contributed by atoms with Gasteiger partial charge in [-0.3, -0.25) is 4.79 Å². The summed E-state index contributed by atoms with van der Waals surface area (Å²) in [6, 6.07) is 7.35. The zero-order valence-corrected chi connectivity index (χ0v) is 13.8. The number of amides is 1. The van der Waals surface area contributed by atoms with Crippen molar-refractivity contribution in [3.8, 4) is 5.75 Å². The number of nitrogens with two attached hydrogens (primary N) is 1. The smallest absolute Gasteiger partial charge is 0.277 e. The van der Waals surface area contributed by atoms with Crippen LogP contribution in [0.15, 0.2) is 24.3 Å². The summed E-state index contributed by atoms with van der Waals surface area (Å²) < 4.78 is 31.3. The summed E-state index contributed by atoms with van der Waals surface area (Å²) in [5, 5.41) is 2.11. The van der Waals surface area contributed by atoms with Gasteiger partial charge in [-0.05, 0) is 17.0 Å². The maximum Gasteiger partial charge on any atom is 0.277 e. The van der Waals surface area contributed by atoms with Gasteiger partial charge in [-0.2, -0.15) is 0 Å². The van der Waals surface area contributed by atoms with Gasteiger partial charge < -0.3 is 15.8 Å². The topological polar surface area (TPSA) is 64.3 Å². The highest BCUT2D eigenvalue weighted by molar-refractivity contribution is 5.85. The molecule has 126 valence electrons. The quantitative estimate of drug-likeness (QED) is 0.839. The molecule has 0 atom stereocenters. The minimum Gasteiger partial charge on any atom is -0.483 e. The lowest BCUT2D eigenvalue weighted by atomic mass is 9.86. The standard InChI is InChI=1S/C15H22F2N2O2.ClH/c1-14(2,3)11-6-4-5-7-12(11)21-8-13(20)19-10-15(16,17)9-18;/h4-7H,8-10,18H2,1-3H3,(H,19,20);1H. The molecule has 1 aromatic rings. The average molecular weight is 337 g/mol. The van der Waals surface area contributed by atoms with Crippen molar-refractivity contribution in [2.24, 2.45) is 5.73 Å². The molecule has 0 saturated heterocycles. The molecule has 0 heterocycles. The van der Waals surface area contributed by atoms with E-state index in [1.165, 1.54) is 0 Å². The van der Waals surface area contributed by atoms with Gasteiger partial charge in [-0.1, -0.05) is 39.0 Å². The van der Waals surface area contributed by atoms with Gasteiger partial charge in [0.05, 0.1) is 13.1 Å². The molecule has 0 aliphatic rings. The molecule has 4 nitrogen and oxygen atoms in total. The molecule has 7 heteroatoms. The number of nitrogens with one attached hydrogen (secondary N) is 1. The number of hydrogen-bond donors (Lipinski definition) is 2. The fourth-order valence-electron chi connectivity index (χ4n) is 1.71. The maximum atomic E-state index is 12.9. The monoisotopic (exact) mass is 336 g/mol. The van der Waals surface area contributed by atoms with E-state index in [-0.39, 0.29) is 24.4 Å². The molecule has 0 unspecified atom stereocenters. The van der Waals surface area contributed by atoms with E-state index in [4.69, 9.17) is 10.5 Å². The van der Waals surface area contributed by atoms with Crippen LogP contribution in [-0.4, -0.2) is 31.5 Å². The molecule has 0 fully saturated rings. The second-order valence-corrected chi connectivity index (χ2v) is 5.87. The third kappa shape index (κ3) is 6.58. The molecule has 0 aliphatic carbocycles. The van der Waals surface area contributed by atoms with Crippen molar-refractivity contribution in [2.45, 2.75) is 32.1 Å². The van der Waals surface area contributed by atoms with Gasteiger partial charge in [-0.15, -0.1) is 12.4 Å². The van der Waals surface area contributed by atoms with E-state index < -0.39 is 24.9 Å². The van der Waals surface area contributed by atoms with Gasteiger partial charge in [0.15, 0.2) is 6.61 Å². The Balaban J connectivity index is 0.00000441. The van der Waals surface area contributed by atoms with Crippen molar-refractivity contribution >= 4 is 18.3 Å². The fraction of sp³-hybridized carbons (Fsp3) is 0.533. The molecule has 0 spiro atoms. The largest absolute Gasteiger partial charge is 0.483 e. The lowest BCUT2D eigenvalue weighted by Gasteiger charge is -2.22. The predicted molar refractivity (Wildman–Crippen MR) is 84.9 cm³/mol. The highest BCUT2D eigenvalue weighted by atomic mass is 35.5. The molecule has 0 aromatic heterocycles. The van der Waals surface area contributed by atoms with Gasteiger partial charge in [-0.25, -0.2) is 8.78 Å². The number of rotatable bonds is 6. The zero-order chi connectivity index (χ0) is 16.1. The summed E-state index contributed by atoms with van der Waals surface area (Å²) in [5.41, 5.74) is 5.70. The summed E-state index contributed by atoms with van der Waals surface area (Å²) in [4.78, 5) is 11.5. The molecule has 1 amide bonds. The Bertz CT molecular complexity index is 491. The van der Waals surface area contributed by atoms with Crippen LogP contribution < -0.4 is 15.8 Å². The van der Waals surface area contributed by atoms with Crippen LogP contribution in [0.25, 0.3) is 0 Å². The lowest BCUT2D eigenvalue weighted by molar-refractivity contribution is -0.124. The number of alkyl halides is 2. The molecule has 0 saturated carbocycles. The molecular formula is C15H23ClF2N2O2. The van der Waals surface area contributed by atoms with Crippen LogP contribution in [0.4, 0.5) is 8.78 Å². The molecular weight excluding hydrogens is 314 g/mol. The second-order valence-electron chi connectivity index (χ2n) is 5.87. The Morgan fingerprint density at radius 1 is 1.27 bits per heavy atom. The highest BCUT2D eigenvalue weighted by Gasteiger charge is 2.27. The van der Waals surface area contributed by atoms with Gasteiger partial charge in [0.2, 0.25) is 0 Å². The third-order valence-corrected chi connectivity index (χ3v) is 2.90. The number of ether oxygens (including phenoxy) is 1. The van der Waals surface area contributed by atoms with Crippen LogP contribution in [0.5, 0.6) is 5.75 Å². The Labute approximate surface area is 135 Å². The number of carbonyl (C=O) groups excluding carboxylic acids is 1. The van der Waals surface area contributed by atoms with Gasteiger partial charge in [0.1, 0.15) is 5.75 Å². The number of halogens is 3. The van der Waals surface area contributed by atoms with E-state index >= 15 is 0 Å². The number of benzene rings is 1. The Hall–Kier alpha value is -1.40. The Morgan fingerprint density at radius 2 is 1.86 bits per heavy atom. The number of carbonyl (C=O) groups is 1. The summed E-state index contributed by atoms with van der Waals surface area (Å²) in [6.45, 7) is 4.17. The minimum atomic E-state index is -3.10. The van der Waals surface area contributed by atoms with Crippen LogP contribution >= 0.6 is 12.4 Å². The molecule has 1 rings (SSSR count).